The largest absolute Gasteiger partial charge is 0.447 e. The molecule has 1 aromatic rings. The van der Waals surface area contributed by atoms with Gasteiger partial charge in [-0.1, -0.05) is 6.92 Å². The van der Waals surface area contributed by atoms with E-state index in [0.717, 1.165) is 19.4 Å². The van der Waals surface area contributed by atoms with Crippen molar-refractivity contribution in [3.8, 4) is 0 Å². The standard InChI is InChI=1S/C13H22N2O4S/c1-3-14-10-12-6-7-13(19-12)20(16,17)15(8-9-18-2)11-4-5-11/h6-7,11,14H,3-5,8-10H2,1-2H3. The van der Waals surface area contributed by atoms with E-state index in [1.54, 1.807) is 13.2 Å². The summed E-state index contributed by atoms with van der Waals surface area (Å²) in [5.74, 6) is 0.632. The van der Waals surface area contributed by atoms with E-state index in [4.69, 9.17) is 9.15 Å². The fourth-order valence-electron chi connectivity index (χ4n) is 2.00. The van der Waals surface area contributed by atoms with Gasteiger partial charge in [-0.2, -0.15) is 4.31 Å². The molecule has 0 spiro atoms. The lowest BCUT2D eigenvalue weighted by molar-refractivity contribution is 0.176. The monoisotopic (exact) mass is 302 g/mol. The minimum absolute atomic E-state index is 0.0217. The highest BCUT2D eigenvalue weighted by Gasteiger charge is 2.39. The zero-order chi connectivity index (χ0) is 14.6. The number of hydrogen-bond acceptors (Lipinski definition) is 5. The Morgan fingerprint density at radius 2 is 2.20 bits per heavy atom. The maximum atomic E-state index is 12.6. The summed E-state index contributed by atoms with van der Waals surface area (Å²) < 4.78 is 37.1. The number of rotatable bonds is 9. The molecule has 1 fully saturated rings. The van der Waals surface area contributed by atoms with Crippen LogP contribution in [-0.4, -0.2) is 45.6 Å². The molecule has 20 heavy (non-hydrogen) atoms. The van der Waals surface area contributed by atoms with Crippen LogP contribution in [0.4, 0.5) is 0 Å². The number of nitrogens with one attached hydrogen (secondary N) is 1. The number of hydrogen-bond donors (Lipinski definition) is 1. The van der Waals surface area contributed by atoms with Crippen LogP contribution in [0.25, 0.3) is 0 Å². The Bertz CT molecular complexity index is 522. The molecule has 0 aliphatic heterocycles. The molecule has 0 aromatic carbocycles. The van der Waals surface area contributed by atoms with Gasteiger partial charge in [0, 0.05) is 19.7 Å². The van der Waals surface area contributed by atoms with Crippen molar-refractivity contribution in [1.82, 2.24) is 9.62 Å². The van der Waals surface area contributed by atoms with Crippen LogP contribution < -0.4 is 5.32 Å². The first kappa shape index (κ1) is 15.5. The molecule has 1 aliphatic carbocycles. The highest BCUT2D eigenvalue weighted by Crippen LogP contribution is 2.32. The van der Waals surface area contributed by atoms with E-state index < -0.39 is 10.0 Å². The van der Waals surface area contributed by atoms with Gasteiger partial charge in [-0.05, 0) is 31.5 Å². The van der Waals surface area contributed by atoms with Crippen molar-refractivity contribution in [1.29, 1.82) is 0 Å². The lowest BCUT2D eigenvalue weighted by Crippen LogP contribution is -2.35. The van der Waals surface area contributed by atoms with Crippen molar-refractivity contribution >= 4 is 10.0 Å². The van der Waals surface area contributed by atoms with Crippen LogP contribution in [0.1, 0.15) is 25.5 Å². The van der Waals surface area contributed by atoms with Crippen molar-refractivity contribution < 1.29 is 17.6 Å². The molecule has 6 nitrogen and oxygen atoms in total. The molecule has 0 saturated heterocycles. The molecule has 7 heteroatoms. The minimum atomic E-state index is -3.56. The fraction of sp³-hybridized carbons (Fsp3) is 0.692. The Balaban J connectivity index is 2.12. The summed E-state index contributed by atoms with van der Waals surface area (Å²) in [6, 6.07) is 3.33. The van der Waals surface area contributed by atoms with Crippen LogP contribution in [0.15, 0.2) is 21.6 Å². The highest BCUT2D eigenvalue weighted by molar-refractivity contribution is 7.89. The van der Waals surface area contributed by atoms with Gasteiger partial charge in [0.15, 0.2) is 0 Å². The van der Waals surface area contributed by atoms with Gasteiger partial charge < -0.3 is 14.5 Å². The normalized spacial score (nSPS) is 15.9. The number of nitrogens with zero attached hydrogens (tertiary/aromatic N) is 1. The number of ether oxygens (including phenoxy) is 1. The smallest absolute Gasteiger partial charge is 0.276 e. The van der Waals surface area contributed by atoms with Crippen molar-refractivity contribution in [2.75, 3.05) is 26.8 Å². The van der Waals surface area contributed by atoms with E-state index in [0.29, 0.717) is 25.5 Å². The molecule has 2 rings (SSSR count). The van der Waals surface area contributed by atoms with Gasteiger partial charge in [0.25, 0.3) is 10.0 Å². The van der Waals surface area contributed by atoms with Crippen molar-refractivity contribution in [3.63, 3.8) is 0 Å². The van der Waals surface area contributed by atoms with Crippen LogP contribution in [0, 0.1) is 0 Å². The summed E-state index contributed by atoms with van der Waals surface area (Å²) in [4.78, 5) is 0. The third kappa shape index (κ3) is 3.60. The Hall–Kier alpha value is -0.890. The molecule has 1 heterocycles. The molecule has 0 amide bonds. The summed E-state index contributed by atoms with van der Waals surface area (Å²) in [5.41, 5.74) is 0. The average molecular weight is 302 g/mol. The molecule has 0 unspecified atom stereocenters. The molecule has 114 valence electrons. The molecule has 1 saturated carbocycles. The summed E-state index contributed by atoms with van der Waals surface area (Å²) in [5, 5.41) is 3.13. The predicted octanol–water partition coefficient (Wildman–Crippen LogP) is 1.19. The fourth-order valence-corrected chi connectivity index (χ4v) is 3.60. The molecule has 0 atom stereocenters. The third-order valence-electron chi connectivity index (χ3n) is 3.22. The molecule has 1 aliphatic rings. The van der Waals surface area contributed by atoms with Gasteiger partial charge in [-0.25, -0.2) is 8.42 Å². The van der Waals surface area contributed by atoms with E-state index in [1.165, 1.54) is 10.4 Å². The Morgan fingerprint density at radius 1 is 1.45 bits per heavy atom. The zero-order valence-corrected chi connectivity index (χ0v) is 12.8. The van der Waals surface area contributed by atoms with Crippen LogP contribution in [0.3, 0.4) is 0 Å². The summed E-state index contributed by atoms with van der Waals surface area (Å²) in [6.45, 7) is 4.09. The second kappa shape index (κ2) is 6.71. The third-order valence-corrected chi connectivity index (χ3v) is 5.05. The first-order valence-electron chi connectivity index (χ1n) is 6.89. The van der Waals surface area contributed by atoms with Gasteiger partial charge in [0.2, 0.25) is 5.09 Å². The van der Waals surface area contributed by atoms with Crippen LogP contribution >= 0.6 is 0 Å². The Kier molecular flexibility index (Phi) is 5.20. The van der Waals surface area contributed by atoms with E-state index in [1.807, 2.05) is 6.92 Å². The van der Waals surface area contributed by atoms with Crippen molar-refractivity contribution in [2.45, 2.75) is 37.4 Å². The van der Waals surface area contributed by atoms with E-state index in [9.17, 15) is 8.42 Å². The zero-order valence-electron chi connectivity index (χ0n) is 12.0. The molecular formula is C13H22N2O4S. The van der Waals surface area contributed by atoms with Crippen LogP contribution in [-0.2, 0) is 21.3 Å². The second-order valence-electron chi connectivity index (χ2n) is 4.84. The van der Waals surface area contributed by atoms with Crippen molar-refractivity contribution in [2.24, 2.45) is 0 Å². The first-order chi connectivity index (χ1) is 9.59. The lowest BCUT2D eigenvalue weighted by atomic mass is 10.4. The SMILES string of the molecule is CCNCc1ccc(S(=O)(=O)N(CCOC)C2CC2)o1. The number of furan rings is 1. The maximum absolute atomic E-state index is 12.6. The number of methoxy groups -OCH3 is 1. The quantitative estimate of drug-likeness (QED) is 0.742. The molecular weight excluding hydrogens is 280 g/mol. The minimum Gasteiger partial charge on any atom is -0.447 e. The van der Waals surface area contributed by atoms with Crippen LogP contribution in [0.2, 0.25) is 0 Å². The maximum Gasteiger partial charge on any atom is 0.276 e. The van der Waals surface area contributed by atoms with Gasteiger partial charge in [-0.15, -0.1) is 0 Å². The van der Waals surface area contributed by atoms with E-state index in [2.05, 4.69) is 5.32 Å². The topological polar surface area (TPSA) is 71.8 Å². The summed E-state index contributed by atoms with van der Waals surface area (Å²) >= 11 is 0. The van der Waals surface area contributed by atoms with Gasteiger partial charge >= 0.3 is 0 Å². The first-order valence-corrected chi connectivity index (χ1v) is 8.33. The molecule has 1 N–H and O–H groups in total. The van der Waals surface area contributed by atoms with Crippen molar-refractivity contribution in [3.05, 3.63) is 17.9 Å². The average Bonchev–Trinajstić information content (AvgIpc) is 3.13. The van der Waals surface area contributed by atoms with Crippen LogP contribution in [0.5, 0.6) is 0 Å². The van der Waals surface area contributed by atoms with E-state index >= 15 is 0 Å². The molecule has 0 bridgehead atoms. The second-order valence-corrected chi connectivity index (χ2v) is 6.66. The van der Waals surface area contributed by atoms with Gasteiger partial charge in [-0.3, -0.25) is 0 Å². The van der Waals surface area contributed by atoms with Gasteiger partial charge in [0.05, 0.1) is 13.2 Å². The lowest BCUT2D eigenvalue weighted by Gasteiger charge is -2.19. The summed E-state index contributed by atoms with van der Waals surface area (Å²) in [7, 11) is -1.99. The molecule has 0 radical (unpaired) electrons. The predicted molar refractivity (Wildman–Crippen MR) is 74.9 cm³/mol. The number of sulfonamides is 1. The van der Waals surface area contributed by atoms with Gasteiger partial charge in [0.1, 0.15) is 5.76 Å². The molecule has 1 aromatic heterocycles. The summed E-state index contributed by atoms with van der Waals surface area (Å²) in [6.07, 6.45) is 1.82. The van der Waals surface area contributed by atoms with E-state index in [-0.39, 0.29) is 11.1 Å². The Labute approximate surface area is 120 Å². The highest BCUT2D eigenvalue weighted by atomic mass is 32.2. The Morgan fingerprint density at radius 3 is 2.80 bits per heavy atom.